The van der Waals surface area contributed by atoms with Crippen molar-refractivity contribution in [3.05, 3.63) is 36.5 Å². The number of hydrogen-bond donors (Lipinski definition) is 2. The third-order valence-corrected chi connectivity index (χ3v) is 15.6. The molecule has 0 spiro atoms. The second-order valence-corrected chi connectivity index (χ2v) is 24.7. The SMILES string of the molecule is CCCCCCCC/C=C\C/C=C/CCC(=O)NC(COP(=O)(O)OCC[N+](C)(C)C)C(/C=C\CCCCCCCCCCC)OC(=O)CCCCCCCCCCCCCCCCCCCCCCCCCCC. The number of nitrogens with one attached hydrogen (secondary N) is 1. The Morgan fingerprint density at radius 3 is 1.23 bits per heavy atom. The van der Waals surface area contributed by atoms with Gasteiger partial charge in [-0.3, -0.25) is 18.6 Å². The molecule has 0 saturated carbocycles. The van der Waals surface area contributed by atoms with E-state index in [1.165, 1.54) is 225 Å². The highest BCUT2D eigenvalue weighted by Gasteiger charge is 2.30. The number of likely N-dealkylation sites (N-methyl/N-ethyl adjacent to an activating group) is 1. The van der Waals surface area contributed by atoms with Gasteiger partial charge in [0.25, 0.3) is 0 Å². The Labute approximate surface area is 466 Å². The topological polar surface area (TPSA) is 111 Å². The van der Waals surface area contributed by atoms with Gasteiger partial charge in [0, 0.05) is 12.8 Å². The molecule has 0 bridgehead atoms. The van der Waals surface area contributed by atoms with Gasteiger partial charge >= 0.3 is 13.8 Å². The highest BCUT2D eigenvalue weighted by atomic mass is 31.2. The van der Waals surface area contributed by atoms with Crippen LogP contribution in [0.3, 0.4) is 0 Å². The fourth-order valence-electron chi connectivity index (χ4n) is 9.58. The smallest absolute Gasteiger partial charge is 0.456 e. The van der Waals surface area contributed by atoms with Gasteiger partial charge in [0.05, 0.1) is 33.8 Å². The normalized spacial score (nSPS) is 13.9. The lowest BCUT2D eigenvalue weighted by molar-refractivity contribution is -0.870. The van der Waals surface area contributed by atoms with Gasteiger partial charge in [-0.15, -0.1) is 0 Å². The summed E-state index contributed by atoms with van der Waals surface area (Å²) in [5, 5.41) is 3.01. The van der Waals surface area contributed by atoms with Crippen LogP contribution in [0.5, 0.6) is 0 Å². The summed E-state index contributed by atoms with van der Waals surface area (Å²) in [7, 11) is 1.48. The first-order valence-electron chi connectivity index (χ1n) is 32.3. The van der Waals surface area contributed by atoms with E-state index >= 15 is 0 Å². The average molecular weight is 1080 g/mol. The predicted octanol–water partition coefficient (Wildman–Crippen LogP) is 19.9. The molecule has 0 aliphatic carbocycles. The van der Waals surface area contributed by atoms with Gasteiger partial charge in [-0.1, -0.05) is 289 Å². The van der Waals surface area contributed by atoms with E-state index in [0.717, 1.165) is 51.4 Å². The standard InChI is InChI=1S/C65H125N2O7P/c1-7-10-13-16-19-22-25-27-28-29-30-31-32-33-34-35-36-37-38-40-43-46-49-52-55-58-65(69)74-63(56-53-50-47-44-41-24-21-18-15-12-9-3)62(61-73-75(70,71)72-60-59-67(4,5)6)66-64(68)57-54-51-48-45-42-39-26-23-20-17-14-11-8-2/h39,42,48,51,53,56,62-63H,7-38,40-41,43-47,49-50,52,54-55,57-61H2,1-6H3,(H-,66,68,70,71)/p+1/b42-39-,51-48+,56-53-. The van der Waals surface area contributed by atoms with Crippen LogP contribution in [0.25, 0.3) is 0 Å². The lowest BCUT2D eigenvalue weighted by atomic mass is 10.0. The molecule has 442 valence electrons. The number of allylic oxidation sites excluding steroid dienone is 5. The fraction of sp³-hybridized carbons (Fsp3) is 0.877. The van der Waals surface area contributed by atoms with E-state index in [1.807, 2.05) is 39.4 Å². The minimum absolute atomic E-state index is 0.0333. The highest BCUT2D eigenvalue weighted by Crippen LogP contribution is 2.43. The van der Waals surface area contributed by atoms with E-state index in [9.17, 15) is 19.0 Å². The van der Waals surface area contributed by atoms with Crippen molar-refractivity contribution < 1.29 is 37.3 Å². The summed E-state index contributed by atoms with van der Waals surface area (Å²) in [6.45, 7) is 6.99. The number of carbonyl (C=O) groups excluding carboxylic acids is 2. The van der Waals surface area contributed by atoms with Crippen molar-refractivity contribution in [2.45, 2.75) is 328 Å². The molecule has 0 aromatic carbocycles. The van der Waals surface area contributed by atoms with Crippen LogP contribution >= 0.6 is 7.82 Å². The maximum Gasteiger partial charge on any atom is 0.472 e. The van der Waals surface area contributed by atoms with E-state index in [-0.39, 0.29) is 37.9 Å². The Balaban J connectivity index is 5.04. The first kappa shape index (κ1) is 73.2. The molecule has 0 radical (unpaired) electrons. The number of hydrogen-bond acceptors (Lipinski definition) is 6. The predicted molar refractivity (Wildman–Crippen MR) is 323 cm³/mol. The summed E-state index contributed by atoms with van der Waals surface area (Å²) < 4.78 is 30.6. The largest absolute Gasteiger partial charge is 0.472 e. The minimum Gasteiger partial charge on any atom is -0.456 e. The number of ether oxygens (including phenoxy) is 1. The maximum absolute atomic E-state index is 13.5. The number of nitrogens with zero attached hydrogens (tertiary/aromatic N) is 1. The molecule has 0 aliphatic rings. The number of phosphoric acid groups is 1. The van der Waals surface area contributed by atoms with E-state index in [2.05, 4.69) is 44.3 Å². The molecule has 2 N–H and O–H groups in total. The number of unbranched alkanes of at least 4 members (excludes halogenated alkanes) is 39. The zero-order chi connectivity index (χ0) is 55.0. The average Bonchev–Trinajstić information content (AvgIpc) is 3.37. The number of phosphoric ester groups is 1. The first-order valence-corrected chi connectivity index (χ1v) is 33.8. The number of quaternary nitrogens is 1. The summed E-state index contributed by atoms with van der Waals surface area (Å²) in [5.41, 5.74) is 0. The molecular weight excluding hydrogens is 952 g/mol. The zero-order valence-electron chi connectivity index (χ0n) is 50.6. The molecule has 75 heavy (non-hydrogen) atoms. The molecule has 0 rings (SSSR count). The Morgan fingerprint density at radius 1 is 0.467 bits per heavy atom. The van der Waals surface area contributed by atoms with Crippen molar-refractivity contribution in [3.63, 3.8) is 0 Å². The van der Waals surface area contributed by atoms with Crippen molar-refractivity contribution in [1.82, 2.24) is 5.32 Å². The molecule has 9 nitrogen and oxygen atoms in total. The van der Waals surface area contributed by atoms with Crippen molar-refractivity contribution in [2.24, 2.45) is 0 Å². The second kappa shape index (κ2) is 55.5. The van der Waals surface area contributed by atoms with Gasteiger partial charge in [0.1, 0.15) is 19.3 Å². The minimum atomic E-state index is -4.46. The Hall–Kier alpha value is -1.77. The van der Waals surface area contributed by atoms with Crippen LogP contribution in [0.2, 0.25) is 0 Å². The number of esters is 1. The molecule has 0 heterocycles. The quantitative estimate of drug-likeness (QED) is 0.0205. The number of rotatable bonds is 59. The Bertz CT molecular complexity index is 1380. The first-order chi connectivity index (χ1) is 36.4. The highest BCUT2D eigenvalue weighted by molar-refractivity contribution is 7.47. The molecular formula is C65H126N2O7P+. The number of carbonyl (C=O) groups is 2. The molecule has 0 saturated heterocycles. The van der Waals surface area contributed by atoms with Crippen molar-refractivity contribution in [3.8, 4) is 0 Å². The van der Waals surface area contributed by atoms with Gasteiger partial charge in [0.15, 0.2) is 0 Å². The Kier molecular flexibility index (Phi) is 54.2. The van der Waals surface area contributed by atoms with Crippen molar-refractivity contribution >= 4 is 19.7 Å². The van der Waals surface area contributed by atoms with Crippen LogP contribution in [-0.4, -0.2) is 74.3 Å². The van der Waals surface area contributed by atoms with Crippen LogP contribution in [-0.2, 0) is 27.9 Å². The fourth-order valence-corrected chi connectivity index (χ4v) is 10.3. The molecule has 0 aliphatic heterocycles. The summed E-state index contributed by atoms with van der Waals surface area (Å²) in [6, 6.07) is -0.874. The lowest BCUT2D eigenvalue weighted by Crippen LogP contribution is -2.47. The van der Waals surface area contributed by atoms with Crippen molar-refractivity contribution in [2.75, 3.05) is 40.9 Å². The second-order valence-electron chi connectivity index (χ2n) is 23.3. The van der Waals surface area contributed by atoms with Gasteiger partial charge < -0.3 is 19.4 Å². The molecule has 0 aromatic heterocycles. The monoisotopic (exact) mass is 1080 g/mol. The third-order valence-electron chi connectivity index (χ3n) is 14.6. The molecule has 10 heteroatoms. The van der Waals surface area contributed by atoms with Crippen LogP contribution in [0.15, 0.2) is 36.5 Å². The van der Waals surface area contributed by atoms with Crippen LogP contribution in [0.1, 0.15) is 316 Å². The van der Waals surface area contributed by atoms with E-state index < -0.39 is 20.0 Å². The molecule has 1 amide bonds. The summed E-state index contributed by atoms with van der Waals surface area (Å²) >= 11 is 0. The Morgan fingerprint density at radius 2 is 0.827 bits per heavy atom. The van der Waals surface area contributed by atoms with E-state index in [1.54, 1.807) is 0 Å². The third kappa shape index (κ3) is 56.8. The zero-order valence-corrected chi connectivity index (χ0v) is 51.5. The summed E-state index contributed by atoms with van der Waals surface area (Å²) in [4.78, 5) is 37.6. The van der Waals surface area contributed by atoms with Crippen molar-refractivity contribution in [1.29, 1.82) is 0 Å². The summed E-state index contributed by atoms with van der Waals surface area (Å²) in [5.74, 6) is -0.570. The maximum atomic E-state index is 13.5. The molecule has 0 aromatic rings. The van der Waals surface area contributed by atoms with Gasteiger partial charge in [-0.25, -0.2) is 4.57 Å². The van der Waals surface area contributed by atoms with Gasteiger partial charge in [0.2, 0.25) is 5.91 Å². The van der Waals surface area contributed by atoms with Crippen LogP contribution in [0.4, 0.5) is 0 Å². The van der Waals surface area contributed by atoms with Crippen LogP contribution < -0.4 is 5.32 Å². The lowest BCUT2D eigenvalue weighted by Gasteiger charge is -2.27. The van der Waals surface area contributed by atoms with Crippen LogP contribution in [0, 0.1) is 0 Å². The molecule has 0 fully saturated rings. The summed E-state index contributed by atoms with van der Waals surface area (Å²) in [6.07, 6.45) is 67.5. The van der Waals surface area contributed by atoms with Gasteiger partial charge in [-0.2, -0.15) is 0 Å². The number of amides is 1. The van der Waals surface area contributed by atoms with E-state index in [4.69, 9.17) is 13.8 Å². The molecule has 3 atom stereocenters. The van der Waals surface area contributed by atoms with E-state index in [0.29, 0.717) is 17.4 Å². The molecule has 3 unspecified atom stereocenters. The van der Waals surface area contributed by atoms with Gasteiger partial charge in [-0.05, 0) is 51.0 Å².